The van der Waals surface area contributed by atoms with Gasteiger partial charge in [-0.25, -0.2) is 0 Å². The Balaban J connectivity index is 2.07. The molecule has 2 nitrogen and oxygen atoms in total. The molecule has 0 bridgehead atoms. The van der Waals surface area contributed by atoms with Gasteiger partial charge in [0, 0.05) is 11.7 Å². The monoisotopic (exact) mass is 210 g/mol. The van der Waals surface area contributed by atoms with Gasteiger partial charge in [0.1, 0.15) is 0 Å². The zero-order chi connectivity index (χ0) is 10.1. The molecule has 0 heterocycles. The first-order valence-electron chi connectivity index (χ1n) is 4.98. The molecule has 1 aromatic carbocycles. The van der Waals surface area contributed by atoms with Crippen molar-refractivity contribution in [1.82, 2.24) is 0 Å². The molecule has 1 fully saturated rings. The highest BCUT2D eigenvalue weighted by atomic mass is 35.5. The Hall–Kier alpha value is -0.890. The number of nitrogens with one attached hydrogen (secondary N) is 1. The third kappa shape index (κ3) is 2.13. The normalized spacial score (nSPS) is 17.9. The van der Waals surface area contributed by atoms with Gasteiger partial charge in [-0.05, 0) is 43.9 Å². The van der Waals surface area contributed by atoms with Crippen molar-refractivity contribution in [2.45, 2.75) is 25.8 Å². The van der Waals surface area contributed by atoms with E-state index in [1.165, 1.54) is 12.8 Å². The Morgan fingerprint density at radius 2 is 2.21 bits per heavy atom. The van der Waals surface area contributed by atoms with E-state index in [9.17, 15) is 0 Å². The van der Waals surface area contributed by atoms with E-state index in [0.717, 1.165) is 11.6 Å². The molecule has 14 heavy (non-hydrogen) atoms. The molecule has 3 heteroatoms. The van der Waals surface area contributed by atoms with Crippen LogP contribution >= 0.6 is 11.6 Å². The molecule has 1 atom stereocenters. The van der Waals surface area contributed by atoms with Crippen molar-refractivity contribution in [3.8, 4) is 0 Å². The van der Waals surface area contributed by atoms with Crippen LogP contribution in [0, 0.1) is 5.92 Å². The van der Waals surface area contributed by atoms with Crippen LogP contribution in [-0.2, 0) is 0 Å². The van der Waals surface area contributed by atoms with E-state index in [0.29, 0.717) is 16.8 Å². The third-order valence-electron chi connectivity index (χ3n) is 2.71. The van der Waals surface area contributed by atoms with Crippen LogP contribution in [0.1, 0.15) is 19.8 Å². The minimum atomic E-state index is 0.510. The van der Waals surface area contributed by atoms with E-state index in [4.69, 9.17) is 17.3 Å². The zero-order valence-corrected chi connectivity index (χ0v) is 9.01. The molecule has 1 aromatic rings. The van der Waals surface area contributed by atoms with Crippen molar-refractivity contribution in [1.29, 1.82) is 0 Å². The second-order valence-corrected chi connectivity index (χ2v) is 4.42. The quantitative estimate of drug-likeness (QED) is 0.753. The molecule has 76 valence electrons. The lowest BCUT2D eigenvalue weighted by molar-refractivity contribution is 0.694. The summed E-state index contributed by atoms with van der Waals surface area (Å²) in [7, 11) is 0. The number of nitrogens with two attached hydrogens (primary N) is 1. The number of hydrogen-bond acceptors (Lipinski definition) is 2. The molecule has 1 saturated carbocycles. The first-order chi connectivity index (χ1) is 6.66. The van der Waals surface area contributed by atoms with E-state index in [1.54, 1.807) is 6.07 Å². The van der Waals surface area contributed by atoms with Crippen molar-refractivity contribution >= 4 is 23.0 Å². The maximum absolute atomic E-state index is 6.06. The van der Waals surface area contributed by atoms with E-state index in [-0.39, 0.29) is 0 Å². The van der Waals surface area contributed by atoms with Crippen LogP contribution in [0.5, 0.6) is 0 Å². The Morgan fingerprint density at radius 3 is 2.79 bits per heavy atom. The fourth-order valence-electron chi connectivity index (χ4n) is 1.61. The van der Waals surface area contributed by atoms with Gasteiger partial charge in [0.05, 0.1) is 10.7 Å². The maximum atomic E-state index is 6.06. The van der Waals surface area contributed by atoms with Crippen LogP contribution in [-0.4, -0.2) is 6.04 Å². The molecule has 0 spiro atoms. The minimum Gasteiger partial charge on any atom is -0.399 e. The fourth-order valence-corrected chi connectivity index (χ4v) is 1.85. The van der Waals surface area contributed by atoms with Gasteiger partial charge in [-0.3, -0.25) is 0 Å². The molecule has 1 aliphatic rings. The average Bonchev–Trinajstić information content (AvgIpc) is 2.92. The minimum absolute atomic E-state index is 0.510. The summed E-state index contributed by atoms with van der Waals surface area (Å²) >= 11 is 6.06. The molecule has 0 amide bonds. The molecule has 0 saturated heterocycles. The molecular weight excluding hydrogens is 196 g/mol. The van der Waals surface area contributed by atoms with Gasteiger partial charge in [-0.15, -0.1) is 0 Å². The van der Waals surface area contributed by atoms with Gasteiger partial charge < -0.3 is 11.1 Å². The number of halogens is 1. The lowest BCUT2D eigenvalue weighted by atomic mass is 10.2. The highest BCUT2D eigenvalue weighted by molar-refractivity contribution is 6.33. The van der Waals surface area contributed by atoms with Gasteiger partial charge in [0.15, 0.2) is 0 Å². The van der Waals surface area contributed by atoms with Gasteiger partial charge in [-0.2, -0.15) is 0 Å². The lowest BCUT2D eigenvalue weighted by Crippen LogP contribution is -2.17. The summed E-state index contributed by atoms with van der Waals surface area (Å²) in [5, 5.41) is 4.12. The van der Waals surface area contributed by atoms with E-state index in [2.05, 4.69) is 12.2 Å². The van der Waals surface area contributed by atoms with Crippen molar-refractivity contribution in [3.63, 3.8) is 0 Å². The van der Waals surface area contributed by atoms with Gasteiger partial charge in [0.25, 0.3) is 0 Å². The van der Waals surface area contributed by atoms with Gasteiger partial charge in [-0.1, -0.05) is 11.6 Å². The molecular formula is C11H15ClN2. The van der Waals surface area contributed by atoms with E-state index < -0.39 is 0 Å². The third-order valence-corrected chi connectivity index (χ3v) is 3.02. The molecule has 1 unspecified atom stereocenters. The number of rotatable bonds is 3. The predicted octanol–water partition coefficient (Wildman–Crippen LogP) is 3.13. The van der Waals surface area contributed by atoms with Crippen LogP contribution in [0.4, 0.5) is 11.4 Å². The lowest BCUT2D eigenvalue weighted by Gasteiger charge is -2.15. The Labute approximate surface area is 89.4 Å². The summed E-state index contributed by atoms with van der Waals surface area (Å²) in [5.41, 5.74) is 7.31. The molecule has 3 N–H and O–H groups in total. The first-order valence-corrected chi connectivity index (χ1v) is 5.36. The van der Waals surface area contributed by atoms with Crippen LogP contribution in [0.25, 0.3) is 0 Å². The van der Waals surface area contributed by atoms with Crippen molar-refractivity contribution in [2.24, 2.45) is 5.92 Å². The second-order valence-electron chi connectivity index (χ2n) is 4.01. The van der Waals surface area contributed by atoms with Crippen LogP contribution in [0.15, 0.2) is 18.2 Å². The predicted molar refractivity (Wildman–Crippen MR) is 61.7 cm³/mol. The maximum Gasteiger partial charge on any atom is 0.0658 e. The number of benzene rings is 1. The SMILES string of the molecule is CC(Nc1ccc(N)cc1Cl)C1CC1. The highest BCUT2D eigenvalue weighted by Crippen LogP contribution is 2.35. The van der Waals surface area contributed by atoms with Crippen molar-refractivity contribution < 1.29 is 0 Å². The first kappa shape index (κ1) is 9.66. The van der Waals surface area contributed by atoms with Crippen molar-refractivity contribution in [3.05, 3.63) is 23.2 Å². The van der Waals surface area contributed by atoms with E-state index in [1.807, 2.05) is 12.1 Å². The summed E-state index contributed by atoms with van der Waals surface area (Å²) in [6.07, 6.45) is 2.67. The number of hydrogen-bond donors (Lipinski definition) is 2. The largest absolute Gasteiger partial charge is 0.399 e. The Bertz CT molecular complexity index is 334. The molecule has 0 radical (unpaired) electrons. The fraction of sp³-hybridized carbons (Fsp3) is 0.455. The van der Waals surface area contributed by atoms with Crippen LogP contribution in [0.3, 0.4) is 0 Å². The van der Waals surface area contributed by atoms with Gasteiger partial charge in [0.2, 0.25) is 0 Å². The zero-order valence-electron chi connectivity index (χ0n) is 8.26. The standard InChI is InChI=1S/C11H15ClN2/c1-7(8-2-3-8)14-11-5-4-9(13)6-10(11)12/h4-8,14H,2-3,13H2,1H3. The smallest absolute Gasteiger partial charge is 0.0658 e. The topological polar surface area (TPSA) is 38.0 Å². The summed E-state index contributed by atoms with van der Waals surface area (Å²) in [6.45, 7) is 2.20. The summed E-state index contributed by atoms with van der Waals surface area (Å²) in [6, 6.07) is 6.10. The molecule has 0 aromatic heterocycles. The Morgan fingerprint density at radius 1 is 1.50 bits per heavy atom. The summed E-state index contributed by atoms with van der Waals surface area (Å²) < 4.78 is 0. The second kappa shape index (κ2) is 3.70. The molecule has 2 rings (SSSR count). The summed E-state index contributed by atoms with van der Waals surface area (Å²) in [4.78, 5) is 0. The molecule has 1 aliphatic carbocycles. The van der Waals surface area contributed by atoms with Crippen LogP contribution < -0.4 is 11.1 Å². The number of nitrogen functional groups attached to an aromatic ring is 1. The molecule has 0 aliphatic heterocycles. The Kier molecular flexibility index (Phi) is 2.55. The average molecular weight is 211 g/mol. The summed E-state index contributed by atoms with van der Waals surface area (Å²) in [5.74, 6) is 0.823. The van der Waals surface area contributed by atoms with Crippen LogP contribution in [0.2, 0.25) is 5.02 Å². The number of anilines is 2. The van der Waals surface area contributed by atoms with Crippen molar-refractivity contribution in [2.75, 3.05) is 11.1 Å². The van der Waals surface area contributed by atoms with E-state index >= 15 is 0 Å². The van der Waals surface area contributed by atoms with Gasteiger partial charge >= 0.3 is 0 Å². The highest BCUT2D eigenvalue weighted by Gasteiger charge is 2.27.